The minimum atomic E-state index is -0.986. The van der Waals surface area contributed by atoms with Crippen molar-refractivity contribution in [3.05, 3.63) is 36.4 Å². The summed E-state index contributed by atoms with van der Waals surface area (Å²) in [5.74, 6) is -0.193. The van der Waals surface area contributed by atoms with E-state index in [1.165, 1.54) is 64.2 Å². The Morgan fingerprint density at radius 2 is 1.70 bits per heavy atom. The molecule has 152 valence electrons. The lowest BCUT2D eigenvalue weighted by Crippen LogP contribution is -2.20. The summed E-state index contributed by atoms with van der Waals surface area (Å²) in [4.78, 5) is 0. The van der Waals surface area contributed by atoms with Crippen LogP contribution in [0, 0.1) is 29.4 Å². The van der Waals surface area contributed by atoms with Crippen LogP contribution in [0.2, 0.25) is 0 Å². The van der Waals surface area contributed by atoms with Gasteiger partial charge < -0.3 is 9.47 Å². The van der Waals surface area contributed by atoms with Crippen molar-refractivity contribution in [2.45, 2.75) is 64.7 Å². The van der Waals surface area contributed by atoms with Crippen molar-refractivity contribution in [1.29, 1.82) is 0 Å². The summed E-state index contributed by atoms with van der Waals surface area (Å²) in [5.41, 5.74) is 0. The molecule has 1 aliphatic carbocycles. The van der Waals surface area contributed by atoms with Crippen LogP contribution >= 0.6 is 0 Å². The van der Waals surface area contributed by atoms with Crippen molar-refractivity contribution < 1.29 is 18.3 Å². The summed E-state index contributed by atoms with van der Waals surface area (Å²) in [6, 6.07) is 2.84. The predicted molar refractivity (Wildman–Crippen MR) is 106 cm³/mol. The lowest BCUT2D eigenvalue weighted by molar-refractivity contribution is 0.171. The zero-order valence-corrected chi connectivity index (χ0v) is 16.8. The average molecular weight is 381 g/mol. The molecule has 0 aliphatic heterocycles. The molecular formula is C23H34F2O2. The Morgan fingerprint density at radius 3 is 2.33 bits per heavy atom. The lowest BCUT2D eigenvalue weighted by atomic mass is 9.79. The van der Waals surface area contributed by atoms with E-state index in [0.717, 1.165) is 18.8 Å². The molecule has 4 heteroatoms. The van der Waals surface area contributed by atoms with Gasteiger partial charge >= 0.3 is 0 Å². The summed E-state index contributed by atoms with van der Waals surface area (Å²) in [6.07, 6.45) is 13.0. The molecule has 0 saturated heterocycles. The van der Waals surface area contributed by atoms with Crippen LogP contribution in [0.3, 0.4) is 0 Å². The third-order valence-electron chi connectivity index (χ3n) is 5.85. The van der Waals surface area contributed by atoms with Crippen molar-refractivity contribution in [1.82, 2.24) is 0 Å². The summed E-state index contributed by atoms with van der Waals surface area (Å²) < 4.78 is 38.1. The predicted octanol–water partition coefficient (Wildman–Crippen LogP) is 6.93. The van der Waals surface area contributed by atoms with Gasteiger partial charge in [0, 0.05) is 0 Å². The van der Waals surface area contributed by atoms with Gasteiger partial charge in [0.15, 0.2) is 11.5 Å². The highest BCUT2D eigenvalue weighted by Gasteiger charge is 2.23. The van der Waals surface area contributed by atoms with E-state index >= 15 is 0 Å². The quantitative estimate of drug-likeness (QED) is 0.387. The SMILES string of the molecule is C=CC(CCC)CCCC1CCC(COc2ccc(OC)c(F)c2F)CC1. The molecule has 0 heterocycles. The molecule has 2 rings (SSSR count). The maximum Gasteiger partial charge on any atom is 0.204 e. The van der Waals surface area contributed by atoms with Gasteiger partial charge in [-0.3, -0.25) is 0 Å². The monoisotopic (exact) mass is 380 g/mol. The topological polar surface area (TPSA) is 18.5 Å². The molecule has 1 aromatic rings. The fourth-order valence-electron chi connectivity index (χ4n) is 4.10. The number of hydrogen-bond acceptors (Lipinski definition) is 2. The average Bonchev–Trinajstić information content (AvgIpc) is 2.69. The second kappa shape index (κ2) is 11.3. The number of rotatable bonds is 11. The van der Waals surface area contributed by atoms with Crippen LogP contribution in [-0.4, -0.2) is 13.7 Å². The Hall–Kier alpha value is -1.58. The van der Waals surface area contributed by atoms with E-state index in [9.17, 15) is 8.78 Å². The van der Waals surface area contributed by atoms with Crippen LogP contribution in [0.5, 0.6) is 11.5 Å². The largest absolute Gasteiger partial charge is 0.494 e. The van der Waals surface area contributed by atoms with E-state index in [0.29, 0.717) is 18.4 Å². The van der Waals surface area contributed by atoms with Gasteiger partial charge in [0.2, 0.25) is 11.6 Å². The highest BCUT2D eigenvalue weighted by atomic mass is 19.2. The highest BCUT2D eigenvalue weighted by molar-refractivity contribution is 5.34. The Balaban J connectivity index is 1.69. The van der Waals surface area contributed by atoms with Gasteiger partial charge in [-0.1, -0.05) is 45.1 Å². The normalized spacial score (nSPS) is 20.9. The summed E-state index contributed by atoms with van der Waals surface area (Å²) >= 11 is 0. The number of hydrogen-bond donors (Lipinski definition) is 0. The second-order valence-corrected chi connectivity index (χ2v) is 7.81. The molecule has 0 aromatic heterocycles. The molecule has 0 amide bonds. The second-order valence-electron chi connectivity index (χ2n) is 7.81. The maximum absolute atomic E-state index is 14.0. The number of halogens is 2. The molecule has 0 N–H and O–H groups in total. The van der Waals surface area contributed by atoms with E-state index < -0.39 is 11.6 Å². The maximum atomic E-state index is 14.0. The van der Waals surface area contributed by atoms with Gasteiger partial charge in [-0.05, 0) is 55.6 Å². The van der Waals surface area contributed by atoms with E-state index in [4.69, 9.17) is 9.47 Å². The molecule has 1 unspecified atom stereocenters. The van der Waals surface area contributed by atoms with E-state index in [1.807, 2.05) is 0 Å². The van der Waals surface area contributed by atoms with Crippen molar-refractivity contribution >= 4 is 0 Å². The molecule has 1 fully saturated rings. The van der Waals surface area contributed by atoms with Crippen molar-refractivity contribution in [3.63, 3.8) is 0 Å². The molecule has 0 radical (unpaired) electrons. The summed E-state index contributed by atoms with van der Waals surface area (Å²) in [6.45, 7) is 6.63. The standard InChI is InChI=1S/C23H34F2O2/c1-4-7-17(5-2)8-6-9-18-10-12-19(13-11-18)16-27-21-15-14-20(26-3)22(24)23(21)25/h5,14-15,17-19H,2,4,6-13,16H2,1,3H3. The van der Waals surface area contributed by atoms with Crippen LogP contribution in [0.25, 0.3) is 0 Å². The van der Waals surface area contributed by atoms with E-state index in [2.05, 4.69) is 19.6 Å². The fourth-order valence-corrected chi connectivity index (χ4v) is 4.10. The lowest BCUT2D eigenvalue weighted by Gasteiger charge is -2.28. The Labute approximate surface area is 162 Å². The third kappa shape index (κ3) is 6.51. The van der Waals surface area contributed by atoms with Crippen LogP contribution in [0.1, 0.15) is 64.7 Å². The van der Waals surface area contributed by atoms with Gasteiger partial charge in [0.1, 0.15) is 0 Å². The molecule has 27 heavy (non-hydrogen) atoms. The van der Waals surface area contributed by atoms with E-state index in [-0.39, 0.29) is 11.5 Å². The molecule has 1 atom stereocenters. The number of ether oxygens (including phenoxy) is 2. The first-order valence-corrected chi connectivity index (χ1v) is 10.4. The zero-order valence-electron chi connectivity index (χ0n) is 16.8. The molecule has 2 nitrogen and oxygen atoms in total. The van der Waals surface area contributed by atoms with Crippen molar-refractivity contribution in [2.75, 3.05) is 13.7 Å². The Morgan fingerprint density at radius 1 is 1.07 bits per heavy atom. The van der Waals surface area contributed by atoms with Crippen molar-refractivity contribution in [2.24, 2.45) is 17.8 Å². The first kappa shape index (κ1) is 21.7. The first-order valence-electron chi connectivity index (χ1n) is 10.4. The van der Waals surface area contributed by atoms with Crippen LogP contribution in [-0.2, 0) is 0 Å². The Bertz CT molecular complexity index is 580. The van der Waals surface area contributed by atoms with Gasteiger partial charge in [0.05, 0.1) is 13.7 Å². The minimum absolute atomic E-state index is 0.0261. The Kier molecular flexibility index (Phi) is 9.09. The zero-order chi connectivity index (χ0) is 19.6. The molecule has 0 spiro atoms. The number of allylic oxidation sites excluding steroid dienone is 1. The van der Waals surface area contributed by atoms with Crippen molar-refractivity contribution in [3.8, 4) is 11.5 Å². The third-order valence-corrected chi connectivity index (χ3v) is 5.85. The number of benzene rings is 1. The smallest absolute Gasteiger partial charge is 0.204 e. The van der Waals surface area contributed by atoms with Crippen LogP contribution < -0.4 is 9.47 Å². The molecule has 1 saturated carbocycles. The van der Waals surface area contributed by atoms with Gasteiger partial charge in [0.25, 0.3) is 0 Å². The highest BCUT2D eigenvalue weighted by Crippen LogP contribution is 2.34. The molecule has 1 aliphatic rings. The van der Waals surface area contributed by atoms with Crippen LogP contribution in [0.4, 0.5) is 8.78 Å². The molecule has 0 bridgehead atoms. The summed E-state index contributed by atoms with van der Waals surface area (Å²) in [7, 11) is 1.32. The van der Waals surface area contributed by atoms with Gasteiger partial charge in [-0.25, -0.2) is 0 Å². The molecule has 1 aromatic carbocycles. The summed E-state index contributed by atoms with van der Waals surface area (Å²) in [5, 5.41) is 0. The van der Waals surface area contributed by atoms with E-state index in [1.54, 1.807) is 0 Å². The minimum Gasteiger partial charge on any atom is -0.494 e. The van der Waals surface area contributed by atoms with Gasteiger partial charge in [-0.15, -0.1) is 6.58 Å². The first-order chi connectivity index (χ1) is 13.1. The number of methoxy groups -OCH3 is 1. The fraction of sp³-hybridized carbons (Fsp3) is 0.652. The molecular weight excluding hydrogens is 346 g/mol. The van der Waals surface area contributed by atoms with Gasteiger partial charge in [-0.2, -0.15) is 8.78 Å². The van der Waals surface area contributed by atoms with Crippen LogP contribution in [0.15, 0.2) is 24.8 Å².